The van der Waals surface area contributed by atoms with Gasteiger partial charge in [0.25, 0.3) is 0 Å². The molecule has 0 radical (unpaired) electrons. The second-order valence-corrected chi connectivity index (χ2v) is 5.02. The molecule has 3 rings (SSSR count). The van der Waals surface area contributed by atoms with E-state index in [9.17, 15) is 4.39 Å². The standard InChI is InChI=1S/C18H17FN4/c19-15-9-5-4-8-14(15)17-16(21-11-10-20)12-22-18(23-17)13-6-2-1-3-7-13/h1-9,12,21H,10-11,20H2. The van der Waals surface area contributed by atoms with Gasteiger partial charge in [-0.05, 0) is 12.1 Å². The van der Waals surface area contributed by atoms with Crippen molar-refractivity contribution < 1.29 is 4.39 Å². The number of nitrogens with one attached hydrogen (secondary N) is 1. The maximum absolute atomic E-state index is 14.2. The van der Waals surface area contributed by atoms with E-state index in [2.05, 4.69) is 15.3 Å². The van der Waals surface area contributed by atoms with Gasteiger partial charge in [-0.3, -0.25) is 0 Å². The second-order valence-electron chi connectivity index (χ2n) is 5.02. The van der Waals surface area contributed by atoms with Crippen molar-refractivity contribution in [3.63, 3.8) is 0 Å². The van der Waals surface area contributed by atoms with Gasteiger partial charge >= 0.3 is 0 Å². The highest BCUT2D eigenvalue weighted by Gasteiger charge is 2.13. The van der Waals surface area contributed by atoms with Gasteiger partial charge in [0.15, 0.2) is 5.82 Å². The fourth-order valence-corrected chi connectivity index (χ4v) is 2.30. The van der Waals surface area contributed by atoms with Crippen molar-refractivity contribution in [2.45, 2.75) is 0 Å². The number of rotatable bonds is 5. The topological polar surface area (TPSA) is 63.8 Å². The van der Waals surface area contributed by atoms with E-state index in [1.807, 2.05) is 30.3 Å². The van der Waals surface area contributed by atoms with Crippen LogP contribution in [0.15, 0.2) is 60.8 Å². The minimum Gasteiger partial charge on any atom is -0.381 e. The zero-order valence-corrected chi connectivity index (χ0v) is 12.5. The highest BCUT2D eigenvalue weighted by Crippen LogP contribution is 2.29. The number of nitrogens with two attached hydrogens (primary N) is 1. The van der Waals surface area contributed by atoms with E-state index >= 15 is 0 Å². The third-order valence-electron chi connectivity index (χ3n) is 3.41. The molecule has 0 aliphatic carbocycles. The predicted molar refractivity (Wildman–Crippen MR) is 90.4 cm³/mol. The summed E-state index contributed by atoms with van der Waals surface area (Å²) < 4.78 is 14.2. The minimum atomic E-state index is -0.319. The molecule has 0 saturated carbocycles. The summed E-state index contributed by atoms with van der Waals surface area (Å²) in [6, 6.07) is 16.2. The van der Waals surface area contributed by atoms with Crippen LogP contribution in [-0.2, 0) is 0 Å². The number of aromatic nitrogens is 2. The molecule has 23 heavy (non-hydrogen) atoms. The second kappa shape index (κ2) is 6.98. The van der Waals surface area contributed by atoms with Crippen molar-refractivity contribution in [1.82, 2.24) is 9.97 Å². The molecule has 5 heteroatoms. The molecule has 0 spiro atoms. The molecule has 116 valence electrons. The fourth-order valence-electron chi connectivity index (χ4n) is 2.30. The molecule has 1 heterocycles. The first-order valence-corrected chi connectivity index (χ1v) is 7.41. The highest BCUT2D eigenvalue weighted by atomic mass is 19.1. The Morgan fingerprint density at radius 3 is 2.48 bits per heavy atom. The maximum atomic E-state index is 14.2. The number of anilines is 1. The molecular weight excluding hydrogens is 291 g/mol. The van der Waals surface area contributed by atoms with Gasteiger partial charge < -0.3 is 11.1 Å². The Morgan fingerprint density at radius 1 is 1.00 bits per heavy atom. The minimum absolute atomic E-state index is 0.319. The predicted octanol–water partition coefficient (Wildman–Crippen LogP) is 3.32. The van der Waals surface area contributed by atoms with Gasteiger partial charge in [-0.1, -0.05) is 42.5 Å². The van der Waals surface area contributed by atoms with Crippen molar-refractivity contribution in [2.75, 3.05) is 18.4 Å². The summed E-state index contributed by atoms with van der Waals surface area (Å²) in [6.07, 6.45) is 1.67. The van der Waals surface area contributed by atoms with E-state index < -0.39 is 0 Å². The third-order valence-corrected chi connectivity index (χ3v) is 3.41. The molecule has 1 aromatic heterocycles. The molecule has 2 aromatic carbocycles. The Hall–Kier alpha value is -2.79. The molecule has 0 saturated heterocycles. The summed E-state index contributed by atoms with van der Waals surface area (Å²) >= 11 is 0. The fraction of sp³-hybridized carbons (Fsp3) is 0.111. The van der Waals surface area contributed by atoms with Crippen molar-refractivity contribution in [2.24, 2.45) is 5.73 Å². The molecule has 4 nitrogen and oxygen atoms in total. The molecule has 0 fully saturated rings. The van der Waals surface area contributed by atoms with Crippen LogP contribution in [0.25, 0.3) is 22.6 Å². The molecule has 0 aliphatic rings. The molecule has 0 unspecified atom stereocenters. The first-order chi connectivity index (χ1) is 11.3. The summed E-state index contributed by atoms with van der Waals surface area (Å²) in [6.45, 7) is 1.03. The molecule has 0 amide bonds. The zero-order valence-electron chi connectivity index (χ0n) is 12.5. The summed E-state index contributed by atoms with van der Waals surface area (Å²) in [4.78, 5) is 8.95. The molecule has 0 aliphatic heterocycles. The SMILES string of the molecule is NCCNc1cnc(-c2ccccc2)nc1-c1ccccc1F. The van der Waals surface area contributed by atoms with Gasteiger partial charge in [0, 0.05) is 24.2 Å². The monoisotopic (exact) mass is 308 g/mol. The largest absolute Gasteiger partial charge is 0.381 e. The van der Waals surface area contributed by atoms with Crippen LogP contribution < -0.4 is 11.1 Å². The lowest BCUT2D eigenvalue weighted by Gasteiger charge is -2.12. The number of benzene rings is 2. The van der Waals surface area contributed by atoms with Crippen molar-refractivity contribution in [3.8, 4) is 22.6 Å². The lowest BCUT2D eigenvalue weighted by atomic mass is 10.1. The highest BCUT2D eigenvalue weighted by molar-refractivity contribution is 5.76. The summed E-state index contributed by atoms with van der Waals surface area (Å²) in [5, 5.41) is 3.15. The quantitative estimate of drug-likeness (QED) is 0.759. The van der Waals surface area contributed by atoms with E-state index in [0.29, 0.717) is 35.9 Å². The molecule has 0 atom stereocenters. The van der Waals surface area contributed by atoms with E-state index in [1.54, 1.807) is 24.4 Å². The van der Waals surface area contributed by atoms with Crippen molar-refractivity contribution in [1.29, 1.82) is 0 Å². The Balaban J connectivity index is 2.11. The van der Waals surface area contributed by atoms with Crippen molar-refractivity contribution >= 4 is 5.69 Å². The summed E-state index contributed by atoms with van der Waals surface area (Å²) in [5.74, 6) is 0.239. The van der Waals surface area contributed by atoms with Crippen LogP contribution in [0.3, 0.4) is 0 Å². The van der Waals surface area contributed by atoms with Gasteiger partial charge in [-0.15, -0.1) is 0 Å². The van der Waals surface area contributed by atoms with E-state index in [0.717, 1.165) is 5.56 Å². The lowest BCUT2D eigenvalue weighted by molar-refractivity contribution is 0.631. The molecular formula is C18H17FN4. The van der Waals surface area contributed by atoms with Crippen LogP contribution in [-0.4, -0.2) is 23.1 Å². The first-order valence-electron chi connectivity index (χ1n) is 7.41. The average Bonchev–Trinajstić information content (AvgIpc) is 2.61. The van der Waals surface area contributed by atoms with Crippen molar-refractivity contribution in [3.05, 3.63) is 66.6 Å². The van der Waals surface area contributed by atoms with Gasteiger partial charge in [-0.25, -0.2) is 14.4 Å². The summed E-state index contributed by atoms with van der Waals surface area (Å²) in [5.41, 5.74) is 8.06. The van der Waals surface area contributed by atoms with Gasteiger partial charge in [-0.2, -0.15) is 0 Å². The molecule has 0 bridgehead atoms. The van der Waals surface area contributed by atoms with Crippen LogP contribution in [0.1, 0.15) is 0 Å². The Kier molecular flexibility index (Phi) is 4.59. The lowest BCUT2D eigenvalue weighted by Crippen LogP contribution is -2.14. The summed E-state index contributed by atoms with van der Waals surface area (Å²) in [7, 11) is 0. The van der Waals surface area contributed by atoms with Crippen LogP contribution in [0, 0.1) is 5.82 Å². The average molecular weight is 308 g/mol. The smallest absolute Gasteiger partial charge is 0.159 e. The van der Waals surface area contributed by atoms with E-state index in [4.69, 9.17) is 5.73 Å². The van der Waals surface area contributed by atoms with Gasteiger partial charge in [0.1, 0.15) is 11.5 Å². The number of hydrogen-bond donors (Lipinski definition) is 2. The zero-order chi connectivity index (χ0) is 16.1. The van der Waals surface area contributed by atoms with Crippen LogP contribution >= 0.6 is 0 Å². The maximum Gasteiger partial charge on any atom is 0.159 e. The van der Waals surface area contributed by atoms with Crippen LogP contribution in [0.5, 0.6) is 0 Å². The number of halogens is 1. The first kappa shape index (κ1) is 15.1. The van der Waals surface area contributed by atoms with E-state index in [1.165, 1.54) is 6.07 Å². The van der Waals surface area contributed by atoms with Crippen LogP contribution in [0.2, 0.25) is 0 Å². The number of hydrogen-bond acceptors (Lipinski definition) is 4. The Bertz CT molecular complexity index is 790. The van der Waals surface area contributed by atoms with Crippen LogP contribution in [0.4, 0.5) is 10.1 Å². The molecule has 3 aromatic rings. The normalized spacial score (nSPS) is 10.5. The number of nitrogens with zero attached hydrogens (tertiary/aromatic N) is 2. The Labute approximate surface area is 134 Å². The molecule has 3 N–H and O–H groups in total. The Morgan fingerprint density at radius 2 is 1.74 bits per heavy atom. The van der Waals surface area contributed by atoms with Gasteiger partial charge in [0.2, 0.25) is 0 Å². The third kappa shape index (κ3) is 3.35. The van der Waals surface area contributed by atoms with E-state index in [-0.39, 0.29) is 5.82 Å². The van der Waals surface area contributed by atoms with Gasteiger partial charge in [0.05, 0.1) is 11.9 Å².